The number of hydrogen-bond acceptors (Lipinski definition) is 5. The van der Waals surface area contributed by atoms with Crippen molar-refractivity contribution in [2.75, 3.05) is 37.7 Å². The van der Waals surface area contributed by atoms with Crippen molar-refractivity contribution in [3.8, 4) is 0 Å². The number of rotatable bonds is 8. The standard InChI is InChI=1S/C20H24ClN3O4S/c21-18-3-1-2-4-19(18)29(26,27)23-10-9-20(25)22-15-16-5-7-17(8-6-16)24-11-13-28-14-12-24/h1-8,23H,9-15H2,(H,22,25). The predicted molar refractivity (Wildman–Crippen MR) is 113 cm³/mol. The number of anilines is 1. The topological polar surface area (TPSA) is 87.7 Å². The second kappa shape index (κ2) is 10.1. The Morgan fingerprint density at radius 2 is 1.76 bits per heavy atom. The molecule has 1 aliphatic heterocycles. The van der Waals surface area contributed by atoms with Crippen LogP contribution in [0.4, 0.5) is 5.69 Å². The molecule has 0 unspecified atom stereocenters. The average Bonchev–Trinajstić information content (AvgIpc) is 2.73. The highest BCUT2D eigenvalue weighted by molar-refractivity contribution is 7.89. The summed E-state index contributed by atoms with van der Waals surface area (Å²) in [5.74, 6) is -0.232. The third kappa shape index (κ3) is 6.17. The molecule has 2 aromatic rings. The molecule has 7 nitrogen and oxygen atoms in total. The maximum Gasteiger partial charge on any atom is 0.242 e. The lowest BCUT2D eigenvalue weighted by molar-refractivity contribution is -0.121. The summed E-state index contributed by atoms with van der Waals surface area (Å²) < 4.78 is 32.2. The fraction of sp³-hybridized carbons (Fsp3) is 0.350. The van der Waals surface area contributed by atoms with Gasteiger partial charge in [-0.3, -0.25) is 4.79 Å². The van der Waals surface area contributed by atoms with Gasteiger partial charge in [-0.1, -0.05) is 35.9 Å². The van der Waals surface area contributed by atoms with Gasteiger partial charge in [0.1, 0.15) is 4.90 Å². The molecule has 29 heavy (non-hydrogen) atoms. The Hall–Kier alpha value is -2.13. The summed E-state index contributed by atoms with van der Waals surface area (Å²) in [6, 6.07) is 14.2. The number of sulfonamides is 1. The maximum absolute atomic E-state index is 12.2. The van der Waals surface area contributed by atoms with Crippen LogP contribution in [-0.4, -0.2) is 47.2 Å². The molecule has 0 radical (unpaired) electrons. The molecule has 1 amide bonds. The normalized spacial score (nSPS) is 14.6. The molecule has 3 rings (SSSR count). The molecule has 0 aliphatic carbocycles. The van der Waals surface area contributed by atoms with Crippen molar-refractivity contribution in [3.05, 3.63) is 59.1 Å². The average molecular weight is 438 g/mol. The first-order valence-corrected chi connectivity index (χ1v) is 11.2. The molecule has 156 valence electrons. The first kappa shape index (κ1) is 21.6. The Balaban J connectivity index is 1.42. The summed E-state index contributed by atoms with van der Waals surface area (Å²) in [6.07, 6.45) is 0.0372. The van der Waals surface area contributed by atoms with E-state index in [1.54, 1.807) is 12.1 Å². The zero-order valence-electron chi connectivity index (χ0n) is 15.9. The van der Waals surface area contributed by atoms with Gasteiger partial charge in [-0.25, -0.2) is 13.1 Å². The van der Waals surface area contributed by atoms with E-state index >= 15 is 0 Å². The fourth-order valence-corrected chi connectivity index (χ4v) is 4.52. The van der Waals surface area contributed by atoms with Crippen molar-refractivity contribution >= 4 is 33.2 Å². The van der Waals surface area contributed by atoms with Crippen molar-refractivity contribution in [2.45, 2.75) is 17.9 Å². The lowest BCUT2D eigenvalue weighted by Crippen LogP contribution is -2.36. The molecule has 2 aromatic carbocycles. The minimum atomic E-state index is -3.74. The third-order valence-corrected chi connectivity index (χ3v) is 6.53. The number of halogens is 1. The predicted octanol–water partition coefficient (Wildman–Crippen LogP) is 2.16. The van der Waals surface area contributed by atoms with E-state index in [2.05, 4.69) is 14.9 Å². The lowest BCUT2D eigenvalue weighted by Gasteiger charge is -2.28. The number of morpholine rings is 1. The van der Waals surface area contributed by atoms with Crippen LogP contribution in [0.1, 0.15) is 12.0 Å². The van der Waals surface area contributed by atoms with E-state index in [0.29, 0.717) is 6.54 Å². The number of amides is 1. The van der Waals surface area contributed by atoms with E-state index in [-0.39, 0.29) is 28.8 Å². The highest BCUT2D eigenvalue weighted by Crippen LogP contribution is 2.20. The van der Waals surface area contributed by atoms with Gasteiger partial charge < -0.3 is 15.0 Å². The van der Waals surface area contributed by atoms with Crippen LogP contribution in [0.15, 0.2) is 53.4 Å². The molecule has 0 saturated carbocycles. The monoisotopic (exact) mass is 437 g/mol. The van der Waals surface area contributed by atoms with E-state index in [4.69, 9.17) is 16.3 Å². The van der Waals surface area contributed by atoms with Crippen molar-refractivity contribution < 1.29 is 17.9 Å². The van der Waals surface area contributed by atoms with E-state index in [0.717, 1.165) is 37.6 Å². The molecular formula is C20H24ClN3O4S. The zero-order valence-corrected chi connectivity index (χ0v) is 17.5. The van der Waals surface area contributed by atoms with Crippen molar-refractivity contribution in [3.63, 3.8) is 0 Å². The van der Waals surface area contributed by atoms with Crippen LogP contribution >= 0.6 is 11.6 Å². The van der Waals surface area contributed by atoms with Crippen molar-refractivity contribution in [1.29, 1.82) is 0 Å². The minimum absolute atomic E-state index is 0.00225. The molecule has 1 fully saturated rings. The number of ether oxygens (including phenoxy) is 1. The van der Waals surface area contributed by atoms with Crippen LogP contribution in [0.3, 0.4) is 0 Å². The van der Waals surface area contributed by atoms with Gasteiger partial charge in [-0.2, -0.15) is 0 Å². The molecule has 1 aliphatic rings. The zero-order chi connectivity index (χ0) is 20.7. The number of benzene rings is 2. The largest absolute Gasteiger partial charge is 0.378 e. The van der Waals surface area contributed by atoms with Crippen LogP contribution in [-0.2, 0) is 26.1 Å². The minimum Gasteiger partial charge on any atom is -0.378 e. The first-order chi connectivity index (χ1) is 14.0. The molecule has 0 aromatic heterocycles. The van der Waals surface area contributed by atoms with E-state index in [1.165, 1.54) is 12.1 Å². The summed E-state index contributed by atoms with van der Waals surface area (Å²) in [4.78, 5) is 14.3. The van der Waals surface area contributed by atoms with Gasteiger partial charge in [0, 0.05) is 38.3 Å². The Bertz CT molecular complexity index is 929. The molecule has 0 spiro atoms. The maximum atomic E-state index is 12.2. The first-order valence-electron chi connectivity index (χ1n) is 9.38. The van der Waals surface area contributed by atoms with E-state index < -0.39 is 10.0 Å². The summed E-state index contributed by atoms with van der Waals surface area (Å²) >= 11 is 5.92. The Labute approximate surface area is 176 Å². The van der Waals surface area contributed by atoms with E-state index in [1.807, 2.05) is 24.3 Å². The molecule has 9 heteroatoms. The van der Waals surface area contributed by atoms with Gasteiger partial charge in [0.05, 0.1) is 18.2 Å². The van der Waals surface area contributed by atoms with Crippen LogP contribution in [0.25, 0.3) is 0 Å². The molecule has 1 heterocycles. The molecular weight excluding hydrogens is 414 g/mol. The number of nitrogens with zero attached hydrogens (tertiary/aromatic N) is 1. The van der Waals surface area contributed by atoms with Crippen LogP contribution in [0, 0.1) is 0 Å². The van der Waals surface area contributed by atoms with Crippen LogP contribution < -0.4 is 14.9 Å². The second-order valence-corrected chi connectivity index (χ2v) is 8.76. The lowest BCUT2D eigenvalue weighted by atomic mass is 10.2. The number of carbonyl (C=O) groups excluding carboxylic acids is 1. The SMILES string of the molecule is O=C(CCNS(=O)(=O)c1ccccc1Cl)NCc1ccc(N2CCOCC2)cc1. The molecule has 1 saturated heterocycles. The van der Waals surface area contributed by atoms with Gasteiger partial charge in [0.15, 0.2) is 0 Å². The quantitative estimate of drug-likeness (QED) is 0.660. The van der Waals surface area contributed by atoms with Gasteiger partial charge >= 0.3 is 0 Å². The van der Waals surface area contributed by atoms with E-state index in [9.17, 15) is 13.2 Å². The van der Waals surface area contributed by atoms with Crippen LogP contribution in [0.2, 0.25) is 5.02 Å². The Kier molecular flexibility index (Phi) is 7.49. The summed E-state index contributed by atoms with van der Waals surface area (Å²) in [7, 11) is -3.74. The Morgan fingerprint density at radius 3 is 2.45 bits per heavy atom. The summed E-state index contributed by atoms with van der Waals surface area (Å²) in [5, 5.41) is 2.95. The van der Waals surface area contributed by atoms with Crippen molar-refractivity contribution in [1.82, 2.24) is 10.0 Å². The molecule has 2 N–H and O–H groups in total. The van der Waals surface area contributed by atoms with Crippen molar-refractivity contribution in [2.24, 2.45) is 0 Å². The smallest absolute Gasteiger partial charge is 0.242 e. The van der Waals surface area contributed by atoms with Gasteiger partial charge in [0.25, 0.3) is 0 Å². The highest BCUT2D eigenvalue weighted by Gasteiger charge is 2.17. The number of nitrogens with one attached hydrogen (secondary N) is 2. The van der Waals surface area contributed by atoms with Gasteiger partial charge in [-0.15, -0.1) is 0 Å². The van der Waals surface area contributed by atoms with Gasteiger partial charge in [0.2, 0.25) is 15.9 Å². The summed E-state index contributed by atoms with van der Waals surface area (Å²) in [5.41, 5.74) is 2.12. The second-order valence-electron chi connectivity index (χ2n) is 6.62. The summed E-state index contributed by atoms with van der Waals surface area (Å²) in [6.45, 7) is 3.60. The van der Waals surface area contributed by atoms with Crippen LogP contribution in [0.5, 0.6) is 0 Å². The third-order valence-electron chi connectivity index (χ3n) is 4.57. The van der Waals surface area contributed by atoms with Gasteiger partial charge in [-0.05, 0) is 29.8 Å². The molecule has 0 atom stereocenters. The Morgan fingerprint density at radius 1 is 1.07 bits per heavy atom. The number of carbonyl (C=O) groups is 1. The highest BCUT2D eigenvalue weighted by atomic mass is 35.5. The number of hydrogen-bond donors (Lipinski definition) is 2. The fourth-order valence-electron chi connectivity index (χ4n) is 2.97. The molecule has 0 bridgehead atoms.